The van der Waals surface area contributed by atoms with Crippen molar-refractivity contribution in [1.82, 2.24) is 0 Å². The largest absolute Gasteiger partial charge is 0.457 e. The maximum atomic E-state index is 12.4. The van der Waals surface area contributed by atoms with Gasteiger partial charge in [0.25, 0.3) is 0 Å². The van der Waals surface area contributed by atoms with E-state index in [4.69, 9.17) is 32.7 Å². The first-order valence-electron chi connectivity index (χ1n) is 7.82. The highest BCUT2D eigenvalue weighted by molar-refractivity contribution is 6.35. The van der Waals surface area contributed by atoms with Crippen molar-refractivity contribution in [3.63, 3.8) is 0 Å². The quantitative estimate of drug-likeness (QED) is 0.748. The van der Waals surface area contributed by atoms with E-state index in [1.165, 1.54) is 0 Å². The van der Waals surface area contributed by atoms with Gasteiger partial charge in [-0.05, 0) is 37.8 Å². The Balaban J connectivity index is 1.70. The Morgan fingerprint density at radius 3 is 2.70 bits per heavy atom. The number of benzene rings is 1. The summed E-state index contributed by atoms with van der Waals surface area (Å²) in [5.41, 5.74) is 0.728. The molecule has 0 spiro atoms. The Morgan fingerprint density at radius 1 is 1.22 bits per heavy atom. The molecule has 2 fully saturated rings. The first kappa shape index (κ1) is 16.7. The van der Waals surface area contributed by atoms with Gasteiger partial charge in [0, 0.05) is 28.1 Å². The van der Waals surface area contributed by atoms with Crippen molar-refractivity contribution in [2.45, 2.75) is 31.8 Å². The van der Waals surface area contributed by atoms with E-state index < -0.39 is 18.0 Å². The van der Waals surface area contributed by atoms with Crippen molar-refractivity contribution in [1.29, 1.82) is 0 Å². The molecule has 1 saturated heterocycles. The van der Waals surface area contributed by atoms with Gasteiger partial charge in [-0.25, -0.2) is 0 Å². The summed E-state index contributed by atoms with van der Waals surface area (Å²) in [6, 6.07) is 5.13. The summed E-state index contributed by atoms with van der Waals surface area (Å²) in [7, 11) is 0. The number of rotatable bonds is 5. The van der Waals surface area contributed by atoms with E-state index >= 15 is 0 Å². The van der Waals surface area contributed by atoms with Crippen LogP contribution in [0.1, 0.15) is 37.4 Å². The van der Waals surface area contributed by atoms with Gasteiger partial charge in [-0.3, -0.25) is 9.59 Å². The first-order valence-corrected chi connectivity index (χ1v) is 8.58. The van der Waals surface area contributed by atoms with E-state index in [-0.39, 0.29) is 18.3 Å². The molecule has 1 aromatic carbocycles. The molecular formula is C17H18Cl2O4. The molecule has 3 rings (SSSR count). The minimum Gasteiger partial charge on any atom is -0.457 e. The topological polar surface area (TPSA) is 52.6 Å². The highest BCUT2D eigenvalue weighted by Gasteiger charge is 2.36. The number of esters is 1. The Kier molecular flexibility index (Phi) is 5.24. The van der Waals surface area contributed by atoms with Crippen molar-refractivity contribution >= 4 is 35.0 Å². The van der Waals surface area contributed by atoms with Crippen LogP contribution in [0.4, 0.5) is 0 Å². The number of hydrogen-bond donors (Lipinski definition) is 0. The average Bonchev–Trinajstić information content (AvgIpc) is 3.37. The van der Waals surface area contributed by atoms with Crippen molar-refractivity contribution in [3.8, 4) is 0 Å². The molecule has 0 unspecified atom stereocenters. The van der Waals surface area contributed by atoms with Crippen LogP contribution in [0.25, 0.3) is 0 Å². The molecule has 6 heteroatoms. The number of ether oxygens (including phenoxy) is 2. The predicted octanol–water partition coefficient (Wildman–Crippen LogP) is 3.98. The van der Waals surface area contributed by atoms with Crippen LogP contribution in [0.15, 0.2) is 18.2 Å². The van der Waals surface area contributed by atoms with Gasteiger partial charge in [-0.15, -0.1) is 0 Å². The summed E-state index contributed by atoms with van der Waals surface area (Å²) in [5, 5.41) is 1.000. The minimum atomic E-state index is -0.461. The molecule has 0 amide bonds. The normalized spacial score (nSPS) is 24.3. The molecule has 0 N–H and O–H groups in total. The van der Waals surface area contributed by atoms with Gasteiger partial charge >= 0.3 is 5.97 Å². The van der Waals surface area contributed by atoms with Crippen LogP contribution in [0.5, 0.6) is 0 Å². The highest BCUT2D eigenvalue weighted by atomic mass is 35.5. The van der Waals surface area contributed by atoms with Gasteiger partial charge in [0.05, 0.1) is 12.0 Å². The maximum absolute atomic E-state index is 12.4. The molecule has 1 aromatic rings. The summed E-state index contributed by atoms with van der Waals surface area (Å²) in [6.07, 6.45) is 2.78. The predicted molar refractivity (Wildman–Crippen MR) is 86.6 cm³/mol. The number of halogens is 2. The Morgan fingerprint density at radius 2 is 2.00 bits per heavy atom. The van der Waals surface area contributed by atoms with Crippen LogP contribution in [-0.4, -0.2) is 25.0 Å². The van der Waals surface area contributed by atoms with Crippen LogP contribution in [0.3, 0.4) is 0 Å². The van der Waals surface area contributed by atoms with Crippen molar-refractivity contribution < 1.29 is 19.1 Å². The van der Waals surface area contributed by atoms with Gasteiger partial charge in [0.15, 0.2) is 5.78 Å². The molecule has 1 aliphatic heterocycles. The zero-order valence-corrected chi connectivity index (χ0v) is 14.1. The van der Waals surface area contributed by atoms with Gasteiger partial charge in [0.2, 0.25) is 0 Å². The lowest BCUT2D eigenvalue weighted by Crippen LogP contribution is -2.32. The third-order valence-electron chi connectivity index (χ3n) is 4.28. The highest BCUT2D eigenvalue weighted by Crippen LogP contribution is 2.38. The van der Waals surface area contributed by atoms with Gasteiger partial charge in [0.1, 0.15) is 6.61 Å². The molecule has 1 aliphatic carbocycles. The number of carbonyl (C=O) groups excluding carboxylic acids is 2. The van der Waals surface area contributed by atoms with Gasteiger partial charge in [-0.1, -0.05) is 29.3 Å². The maximum Gasteiger partial charge on any atom is 0.312 e. The lowest BCUT2D eigenvalue weighted by Gasteiger charge is -2.31. The Labute approximate surface area is 145 Å². The SMILES string of the molecule is O=C(COC(=O)[C@H]1CCCO[C@@H]1c1ccc(Cl)cc1Cl)C1CC1. The molecule has 23 heavy (non-hydrogen) atoms. The molecule has 1 heterocycles. The van der Waals surface area contributed by atoms with Crippen LogP contribution in [0.2, 0.25) is 10.0 Å². The fourth-order valence-corrected chi connectivity index (χ4v) is 3.35. The van der Waals surface area contributed by atoms with Crippen LogP contribution in [0, 0.1) is 11.8 Å². The van der Waals surface area contributed by atoms with Crippen LogP contribution < -0.4 is 0 Å². The Bertz CT molecular complexity index is 613. The summed E-state index contributed by atoms with van der Waals surface area (Å²) in [5.74, 6) is -0.743. The van der Waals surface area contributed by atoms with E-state index in [9.17, 15) is 9.59 Å². The van der Waals surface area contributed by atoms with E-state index in [1.807, 2.05) is 0 Å². The van der Waals surface area contributed by atoms with Gasteiger partial charge in [-0.2, -0.15) is 0 Å². The summed E-state index contributed by atoms with van der Waals surface area (Å²) < 4.78 is 11.0. The number of ketones is 1. The second kappa shape index (κ2) is 7.20. The van der Waals surface area contributed by atoms with Crippen LogP contribution >= 0.6 is 23.2 Å². The van der Waals surface area contributed by atoms with Gasteiger partial charge < -0.3 is 9.47 Å². The second-order valence-corrected chi connectivity index (χ2v) is 6.90. The number of hydrogen-bond acceptors (Lipinski definition) is 4. The average molecular weight is 357 g/mol. The molecule has 0 bridgehead atoms. The molecule has 0 radical (unpaired) electrons. The molecule has 1 saturated carbocycles. The zero-order chi connectivity index (χ0) is 16.4. The number of Topliss-reactive ketones (excluding diaryl/α,β-unsaturated/α-hetero) is 1. The van der Waals surface area contributed by atoms with E-state index in [1.54, 1.807) is 18.2 Å². The summed E-state index contributed by atoms with van der Waals surface area (Å²) in [4.78, 5) is 24.1. The molecule has 4 nitrogen and oxygen atoms in total. The van der Waals surface area contributed by atoms with E-state index in [0.717, 1.165) is 24.8 Å². The monoisotopic (exact) mass is 356 g/mol. The standard InChI is InChI=1S/C17H18Cl2O4/c18-11-5-6-12(14(19)8-11)16-13(2-1-7-22-16)17(21)23-9-15(20)10-3-4-10/h5-6,8,10,13,16H,1-4,7,9H2/t13-,16+/m0/s1. The second-order valence-electron chi connectivity index (χ2n) is 6.05. The lowest BCUT2D eigenvalue weighted by atomic mass is 9.89. The first-order chi connectivity index (χ1) is 11.1. The fraction of sp³-hybridized carbons (Fsp3) is 0.529. The fourth-order valence-electron chi connectivity index (χ4n) is 2.83. The van der Waals surface area contributed by atoms with Crippen molar-refractivity contribution in [3.05, 3.63) is 33.8 Å². The molecule has 2 aliphatic rings. The zero-order valence-electron chi connectivity index (χ0n) is 12.6. The third kappa shape index (κ3) is 4.06. The summed E-state index contributed by atoms with van der Waals surface area (Å²) >= 11 is 12.2. The minimum absolute atomic E-state index is 0.0103. The van der Waals surface area contributed by atoms with Crippen LogP contribution in [-0.2, 0) is 19.1 Å². The molecular weight excluding hydrogens is 339 g/mol. The molecule has 2 atom stereocenters. The van der Waals surface area contributed by atoms with Crippen molar-refractivity contribution in [2.24, 2.45) is 11.8 Å². The third-order valence-corrected chi connectivity index (χ3v) is 4.85. The Hall–Kier alpha value is -1.10. The van der Waals surface area contributed by atoms with E-state index in [0.29, 0.717) is 23.1 Å². The lowest BCUT2D eigenvalue weighted by molar-refractivity contribution is -0.161. The molecule has 124 valence electrons. The smallest absolute Gasteiger partial charge is 0.312 e. The van der Waals surface area contributed by atoms with Crippen molar-refractivity contribution in [2.75, 3.05) is 13.2 Å². The van der Waals surface area contributed by atoms with E-state index in [2.05, 4.69) is 0 Å². The summed E-state index contributed by atoms with van der Waals surface area (Å²) in [6.45, 7) is 0.426. The number of carbonyl (C=O) groups is 2. The molecule has 0 aromatic heterocycles.